The van der Waals surface area contributed by atoms with E-state index in [1.54, 1.807) is 0 Å². The minimum Gasteiger partial charge on any atom is -0.478 e. The molecule has 2 nitrogen and oxygen atoms in total. The fourth-order valence-corrected chi connectivity index (χ4v) is 0.694. The van der Waals surface area contributed by atoms with Crippen molar-refractivity contribution in [3.05, 3.63) is 12.2 Å². The van der Waals surface area contributed by atoms with E-state index < -0.39 is 5.97 Å². The van der Waals surface area contributed by atoms with Crippen molar-refractivity contribution in [2.24, 2.45) is 0 Å². The Labute approximate surface area is 76.4 Å². The van der Waals surface area contributed by atoms with Crippen LogP contribution in [0.15, 0.2) is 12.2 Å². The summed E-state index contributed by atoms with van der Waals surface area (Å²) >= 11 is 3.31. The fraction of sp³-hybridized carbons (Fsp3) is 0.625. The molecular weight excluding hydrogens is 208 g/mol. The number of aliphatic carboxylic acids is 1. The molecule has 0 amide bonds. The molecule has 0 fully saturated rings. The third-order valence-electron chi connectivity index (χ3n) is 0.852. The first-order valence-corrected chi connectivity index (χ1v) is 4.63. The summed E-state index contributed by atoms with van der Waals surface area (Å²) in [5.74, 6) is -0.935. The van der Waals surface area contributed by atoms with Gasteiger partial charge in [0.1, 0.15) is 0 Å². The average molecular weight is 223 g/mol. The van der Waals surface area contributed by atoms with Gasteiger partial charge in [0.2, 0.25) is 0 Å². The van der Waals surface area contributed by atoms with Crippen molar-refractivity contribution in [3.63, 3.8) is 0 Å². The van der Waals surface area contributed by atoms with E-state index >= 15 is 0 Å². The summed E-state index contributed by atoms with van der Waals surface area (Å²) in [5.41, 5.74) is 0.176. The number of alkyl halides is 1. The van der Waals surface area contributed by atoms with E-state index in [1.807, 2.05) is 0 Å². The second-order valence-electron chi connectivity index (χ2n) is 2.13. The molecular formula is C8H15BrO2. The Balaban J connectivity index is 0. The quantitative estimate of drug-likeness (QED) is 0.590. The van der Waals surface area contributed by atoms with Gasteiger partial charge in [0.15, 0.2) is 0 Å². The van der Waals surface area contributed by atoms with Crippen LogP contribution in [0.25, 0.3) is 0 Å². The minimum atomic E-state index is -0.935. The summed E-state index contributed by atoms with van der Waals surface area (Å²) in [6.45, 7) is 6.78. The largest absolute Gasteiger partial charge is 0.478 e. The van der Waals surface area contributed by atoms with E-state index in [0.717, 1.165) is 5.33 Å². The number of hydrogen-bond donors (Lipinski definition) is 1. The van der Waals surface area contributed by atoms with Crippen LogP contribution in [-0.4, -0.2) is 16.4 Å². The second-order valence-corrected chi connectivity index (χ2v) is 2.92. The van der Waals surface area contributed by atoms with Crippen molar-refractivity contribution < 1.29 is 9.90 Å². The van der Waals surface area contributed by atoms with Gasteiger partial charge in [-0.1, -0.05) is 35.9 Å². The SMILES string of the molecule is C=C(C)C(=O)O.CCCCBr. The van der Waals surface area contributed by atoms with Crippen molar-refractivity contribution >= 4 is 21.9 Å². The number of carboxylic acids is 1. The van der Waals surface area contributed by atoms with Crippen LogP contribution in [0, 0.1) is 0 Å². The summed E-state index contributed by atoms with van der Waals surface area (Å²) in [7, 11) is 0. The number of unbranched alkanes of at least 4 members (excludes halogenated alkanes) is 1. The Morgan fingerprint density at radius 3 is 2.00 bits per heavy atom. The highest BCUT2D eigenvalue weighted by Crippen LogP contribution is 1.89. The molecule has 0 aliphatic heterocycles. The molecule has 0 aromatic heterocycles. The molecule has 0 spiro atoms. The highest BCUT2D eigenvalue weighted by Gasteiger charge is 1.90. The van der Waals surface area contributed by atoms with Crippen molar-refractivity contribution in [2.75, 3.05) is 5.33 Å². The number of rotatable bonds is 3. The molecule has 0 atom stereocenters. The van der Waals surface area contributed by atoms with E-state index in [2.05, 4.69) is 29.4 Å². The van der Waals surface area contributed by atoms with Crippen molar-refractivity contribution in [2.45, 2.75) is 26.7 Å². The zero-order valence-corrected chi connectivity index (χ0v) is 8.65. The van der Waals surface area contributed by atoms with Gasteiger partial charge in [-0.15, -0.1) is 0 Å². The second kappa shape index (κ2) is 9.69. The fourth-order valence-electron chi connectivity index (χ4n) is 0.134. The zero-order valence-electron chi connectivity index (χ0n) is 7.06. The van der Waals surface area contributed by atoms with Gasteiger partial charge in [-0.2, -0.15) is 0 Å². The molecule has 0 aromatic carbocycles. The van der Waals surface area contributed by atoms with E-state index in [9.17, 15) is 4.79 Å². The molecule has 0 radical (unpaired) electrons. The maximum atomic E-state index is 9.60. The molecule has 0 aromatic rings. The Bertz CT molecular complexity index is 107. The molecule has 0 aliphatic carbocycles. The highest BCUT2D eigenvalue weighted by molar-refractivity contribution is 9.09. The van der Waals surface area contributed by atoms with Crippen molar-refractivity contribution in [1.29, 1.82) is 0 Å². The predicted octanol–water partition coefficient (Wildman–Crippen LogP) is 2.83. The lowest BCUT2D eigenvalue weighted by Gasteiger charge is -1.79. The smallest absolute Gasteiger partial charge is 0.330 e. The topological polar surface area (TPSA) is 37.3 Å². The first-order valence-electron chi connectivity index (χ1n) is 3.51. The maximum Gasteiger partial charge on any atom is 0.330 e. The van der Waals surface area contributed by atoms with Crippen LogP contribution in [0.3, 0.4) is 0 Å². The van der Waals surface area contributed by atoms with Gasteiger partial charge < -0.3 is 5.11 Å². The average Bonchev–Trinajstić information content (AvgIpc) is 1.90. The highest BCUT2D eigenvalue weighted by atomic mass is 79.9. The van der Waals surface area contributed by atoms with E-state index in [4.69, 9.17) is 5.11 Å². The van der Waals surface area contributed by atoms with Crippen molar-refractivity contribution in [1.82, 2.24) is 0 Å². The minimum absolute atomic E-state index is 0.176. The van der Waals surface area contributed by atoms with Crippen molar-refractivity contribution in [3.8, 4) is 0 Å². The molecule has 0 unspecified atom stereocenters. The van der Waals surface area contributed by atoms with Crippen LogP contribution in [-0.2, 0) is 4.79 Å². The molecule has 0 rings (SSSR count). The van der Waals surface area contributed by atoms with Gasteiger partial charge in [0, 0.05) is 10.9 Å². The van der Waals surface area contributed by atoms with Crippen LogP contribution >= 0.6 is 15.9 Å². The monoisotopic (exact) mass is 222 g/mol. The lowest BCUT2D eigenvalue weighted by atomic mass is 10.4. The Kier molecular flexibility index (Phi) is 11.7. The first-order chi connectivity index (χ1) is 5.06. The Hall–Kier alpha value is -0.310. The van der Waals surface area contributed by atoms with Crippen LogP contribution in [0.2, 0.25) is 0 Å². The molecule has 0 bridgehead atoms. The normalized spacial score (nSPS) is 7.91. The first kappa shape index (κ1) is 13.3. The van der Waals surface area contributed by atoms with Crippen LogP contribution in [0.5, 0.6) is 0 Å². The molecule has 0 heterocycles. The molecule has 1 N–H and O–H groups in total. The molecule has 66 valence electrons. The predicted molar refractivity (Wildman–Crippen MR) is 51.2 cm³/mol. The molecule has 0 aliphatic rings. The summed E-state index contributed by atoms with van der Waals surface area (Å²) < 4.78 is 0. The Morgan fingerprint density at radius 1 is 1.64 bits per heavy atom. The third kappa shape index (κ3) is 17.7. The maximum absolute atomic E-state index is 9.60. The summed E-state index contributed by atoms with van der Waals surface area (Å²) in [5, 5.41) is 9.05. The van der Waals surface area contributed by atoms with Gasteiger partial charge in [-0.3, -0.25) is 0 Å². The van der Waals surface area contributed by atoms with E-state index in [-0.39, 0.29) is 5.57 Å². The number of halogens is 1. The van der Waals surface area contributed by atoms with Gasteiger partial charge in [-0.05, 0) is 13.3 Å². The van der Waals surface area contributed by atoms with E-state index in [1.165, 1.54) is 19.8 Å². The third-order valence-corrected chi connectivity index (χ3v) is 1.41. The molecule has 0 saturated carbocycles. The van der Waals surface area contributed by atoms with Crippen LogP contribution in [0.1, 0.15) is 26.7 Å². The molecule has 0 saturated heterocycles. The number of carbonyl (C=O) groups is 1. The zero-order chi connectivity index (χ0) is 9.28. The van der Waals surface area contributed by atoms with Gasteiger partial charge >= 0.3 is 5.97 Å². The lowest BCUT2D eigenvalue weighted by molar-refractivity contribution is -0.132. The number of carboxylic acid groups (broad SMARTS) is 1. The van der Waals surface area contributed by atoms with E-state index in [0.29, 0.717) is 0 Å². The van der Waals surface area contributed by atoms with Gasteiger partial charge in [0.25, 0.3) is 0 Å². The van der Waals surface area contributed by atoms with Gasteiger partial charge in [-0.25, -0.2) is 4.79 Å². The lowest BCUT2D eigenvalue weighted by Crippen LogP contribution is -1.92. The summed E-state index contributed by atoms with van der Waals surface area (Å²) in [6.07, 6.45) is 2.60. The molecule has 11 heavy (non-hydrogen) atoms. The molecule has 3 heteroatoms. The van der Waals surface area contributed by atoms with Crippen LogP contribution in [0.4, 0.5) is 0 Å². The summed E-state index contributed by atoms with van der Waals surface area (Å²) in [6, 6.07) is 0. The standard InChI is InChI=1S/C4H9Br.C4H6O2/c1-2-3-4-5;1-3(2)4(5)6/h2-4H2,1H3;1H2,2H3,(H,5,6). The van der Waals surface area contributed by atoms with Crippen LogP contribution < -0.4 is 0 Å². The Morgan fingerprint density at radius 2 is 2.00 bits per heavy atom. The number of hydrogen-bond acceptors (Lipinski definition) is 1. The van der Waals surface area contributed by atoms with Gasteiger partial charge in [0.05, 0.1) is 0 Å². The summed E-state index contributed by atoms with van der Waals surface area (Å²) in [4.78, 5) is 9.60.